The summed E-state index contributed by atoms with van der Waals surface area (Å²) in [5.74, 6) is 0.348. The Morgan fingerprint density at radius 2 is 1.91 bits per heavy atom. The average molecular weight is 504 g/mol. The predicted molar refractivity (Wildman–Crippen MR) is 126 cm³/mol. The summed E-state index contributed by atoms with van der Waals surface area (Å²) in [6.07, 6.45) is 5.63. The van der Waals surface area contributed by atoms with Gasteiger partial charge in [-0.15, -0.1) is 0 Å². The van der Waals surface area contributed by atoms with Crippen LogP contribution in [-0.2, 0) is 21.0 Å². The predicted octanol–water partition coefficient (Wildman–Crippen LogP) is 2.58. The number of fused-ring (bicyclic) bond motifs is 1. The molecule has 35 heavy (non-hydrogen) atoms. The summed E-state index contributed by atoms with van der Waals surface area (Å²) in [5.41, 5.74) is 2.04. The standard InChI is InChI=1S/C23H25N3O8S/c1-25(2)9-7-17-13-26(14-24-17)22(16-4-5-18(27)19(28)12-16)23-33-20-6-3-15(11-21(20)34-23)8-10-32-35(29,30)31/h3-6,8,10-14,22-23,27-28H,7,9H2,1-2H3,(H,29,30,31)/b10-8-. The van der Waals surface area contributed by atoms with Crippen LogP contribution in [0.2, 0.25) is 0 Å². The lowest BCUT2D eigenvalue weighted by Gasteiger charge is -2.24. The Kier molecular flexibility index (Phi) is 6.87. The molecule has 2 heterocycles. The minimum atomic E-state index is -4.59. The zero-order valence-electron chi connectivity index (χ0n) is 19.0. The van der Waals surface area contributed by atoms with Gasteiger partial charge in [0.15, 0.2) is 23.0 Å². The molecule has 12 heteroatoms. The van der Waals surface area contributed by atoms with E-state index in [2.05, 4.69) is 14.1 Å². The maximum absolute atomic E-state index is 10.7. The van der Waals surface area contributed by atoms with Crippen molar-refractivity contribution in [2.24, 2.45) is 0 Å². The number of nitrogens with zero attached hydrogens (tertiary/aromatic N) is 3. The van der Waals surface area contributed by atoms with Gasteiger partial charge in [-0.3, -0.25) is 4.55 Å². The lowest BCUT2D eigenvalue weighted by atomic mass is 10.1. The molecule has 2 aromatic carbocycles. The van der Waals surface area contributed by atoms with Gasteiger partial charge >= 0.3 is 10.4 Å². The number of ether oxygens (including phenoxy) is 2. The second-order valence-electron chi connectivity index (χ2n) is 8.20. The fraction of sp³-hybridized carbons (Fsp3) is 0.261. The first-order valence-corrected chi connectivity index (χ1v) is 11.9. The zero-order valence-corrected chi connectivity index (χ0v) is 19.8. The summed E-state index contributed by atoms with van der Waals surface area (Å²) in [6.45, 7) is 0.821. The molecule has 1 aromatic heterocycles. The van der Waals surface area contributed by atoms with E-state index in [9.17, 15) is 18.6 Å². The minimum Gasteiger partial charge on any atom is -0.504 e. The number of hydrogen-bond donors (Lipinski definition) is 3. The molecule has 2 atom stereocenters. The molecule has 0 saturated carbocycles. The minimum absolute atomic E-state index is 0.245. The van der Waals surface area contributed by atoms with Crippen molar-refractivity contribution in [2.75, 3.05) is 20.6 Å². The highest BCUT2D eigenvalue weighted by molar-refractivity contribution is 7.81. The molecule has 0 spiro atoms. The van der Waals surface area contributed by atoms with E-state index in [1.807, 2.05) is 24.9 Å². The summed E-state index contributed by atoms with van der Waals surface area (Å²) in [7, 11) is -0.631. The van der Waals surface area contributed by atoms with Gasteiger partial charge in [0.05, 0.1) is 12.0 Å². The van der Waals surface area contributed by atoms with Crippen LogP contribution in [0, 0.1) is 0 Å². The van der Waals surface area contributed by atoms with Gasteiger partial charge in [-0.1, -0.05) is 12.1 Å². The summed E-state index contributed by atoms with van der Waals surface area (Å²) >= 11 is 0. The number of aromatic hydroxyl groups is 2. The molecule has 11 nitrogen and oxygen atoms in total. The number of benzene rings is 2. The summed E-state index contributed by atoms with van der Waals surface area (Å²) in [4.78, 5) is 6.54. The number of phenolic OH excluding ortho intramolecular Hbond substituents is 2. The van der Waals surface area contributed by atoms with Gasteiger partial charge in [0.1, 0.15) is 12.3 Å². The van der Waals surface area contributed by atoms with Crippen molar-refractivity contribution in [1.82, 2.24) is 14.5 Å². The molecule has 1 aliphatic rings. The first-order valence-electron chi connectivity index (χ1n) is 10.6. The highest BCUT2D eigenvalue weighted by Gasteiger charge is 2.35. The first-order chi connectivity index (χ1) is 16.6. The summed E-state index contributed by atoms with van der Waals surface area (Å²) in [5, 5.41) is 19.9. The normalized spacial score (nSPS) is 16.2. The molecule has 0 aliphatic carbocycles. The van der Waals surface area contributed by atoms with Crippen LogP contribution in [0.15, 0.2) is 55.2 Å². The van der Waals surface area contributed by atoms with Crippen molar-refractivity contribution in [3.05, 3.63) is 72.0 Å². The van der Waals surface area contributed by atoms with E-state index in [-0.39, 0.29) is 11.5 Å². The van der Waals surface area contributed by atoms with Crippen molar-refractivity contribution in [3.8, 4) is 23.0 Å². The van der Waals surface area contributed by atoms with Crippen molar-refractivity contribution >= 4 is 16.5 Å². The number of phenols is 2. The monoisotopic (exact) mass is 503 g/mol. The van der Waals surface area contributed by atoms with Crippen LogP contribution in [0.25, 0.3) is 6.08 Å². The number of imidazole rings is 1. The van der Waals surface area contributed by atoms with E-state index in [1.165, 1.54) is 18.2 Å². The second-order valence-corrected chi connectivity index (χ2v) is 9.24. The molecular weight excluding hydrogens is 478 g/mol. The van der Waals surface area contributed by atoms with Crippen molar-refractivity contribution in [3.63, 3.8) is 0 Å². The van der Waals surface area contributed by atoms with E-state index >= 15 is 0 Å². The highest BCUT2D eigenvalue weighted by atomic mass is 32.3. The third-order valence-corrected chi connectivity index (χ3v) is 5.64. The Bertz CT molecular complexity index is 1340. The number of rotatable bonds is 9. The molecule has 0 fully saturated rings. The Balaban J connectivity index is 1.61. The Morgan fingerprint density at radius 1 is 1.14 bits per heavy atom. The molecular formula is C23H25N3O8S. The lowest BCUT2D eigenvalue weighted by Crippen LogP contribution is -2.31. The number of hydrogen-bond acceptors (Lipinski definition) is 9. The molecule has 4 rings (SSSR count). The van der Waals surface area contributed by atoms with Gasteiger partial charge in [-0.05, 0) is 55.6 Å². The van der Waals surface area contributed by atoms with Gasteiger partial charge < -0.3 is 33.3 Å². The lowest BCUT2D eigenvalue weighted by molar-refractivity contribution is 0.0148. The van der Waals surface area contributed by atoms with Crippen molar-refractivity contribution in [1.29, 1.82) is 0 Å². The van der Waals surface area contributed by atoms with Crippen LogP contribution in [0.3, 0.4) is 0 Å². The molecule has 1 aliphatic heterocycles. The van der Waals surface area contributed by atoms with Crippen LogP contribution in [-0.4, -0.2) is 64.6 Å². The Morgan fingerprint density at radius 3 is 2.63 bits per heavy atom. The van der Waals surface area contributed by atoms with Gasteiger partial charge in [0.25, 0.3) is 6.29 Å². The van der Waals surface area contributed by atoms with E-state index in [4.69, 9.17) is 14.0 Å². The van der Waals surface area contributed by atoms with E-state index < -0.39 is 22.7 Å². The van der Waals surface area contributed by atoms with Crippen molar-refractivity contribution < 1.29 is 36.8 Å². The van der Waals surface area contributed by atoms with Crippen LogP contribution in [0.5, 0.6) is 23.0 Å². The molecule has 3 N–H and O–H groups in total. The zero-order chi connectivity index (χ0) is 25.2. The molecule has 0 radical (unpaired) electrons. The smallest absolute Gasteiger partial charge is 0.445 e. The first kappa shape index (κ1) is 24.4. The van der Waals surface area contributed by atoms with Gasteiger partial charge in [0.2, 0.25) is 0 Å². The van der Waals surface area contributed by atoms with Crippen LogP contribution < -0.4 is 9.47 Å². The van der Waals surface area contributed by atoms with Crippen LogP contribution in [0.1, 0.15) is 22.9 Å². The van der Waals surface area contributed by atoms with Gasteiger partial charge in [-0.2, -0.15) is 8.42 Å². The molecule has 2 unspecified atom stereocenters. The molecule has 0 saturated heterocycles. The third-order valence-electron chi connectivity index (χ3n) is 5.28. The van der Waals surface area contributed by atoms with E-state index in [1.54, 1.807) is 30.6 Å². The largest absolute Gasteiger partial charge is 0.504 e. The third kappa shape index (κ3) is 6.04. The fourth-order valence-electron chi connectivity index (χ4n) is 3.59. The molecule has 0 amide bonds. The maximum atomic E-state index is 10.7. The summed E-state index contributed by atoms with van der Waals surface area (Å²) < 4.78 is 48.3. The average Bonchev–Trinajstić information content (AvgIpc) is 3.41. The van der Waals surface area contributed by atoms with Crippen molar-refractivity contribution in [2.45, 2.75) is 18.8 Å². The Labute approximate surface area is 202 Å². The van der Waals surface area contributed by atoms with E-state index in [0.717, 1.165) is 24.9 Å². The second kappa shape index (κ2) is 9.86. The summed E-state index contributed by atoms with van der Waals surface area (Å²) in [6, 6.07) is 8.88. The maximum Gasteiger partial charge on any atom is 0.445 e. The fourth-order valence-corrected chi connectivity index (χ4v) is 3.79. The highest BCUT2D eigenvalue weighted by Crippen LogP contribution is 2.41. The number of aromatic nitrogens is 2. The van der Waals surface area contributed by atoms with Gasteiger partial charge in [-0.25, -0.2) is 4.98 Å². The SMILES string of the molecule is CN(C)CCc1cn(C(c2ccc(O)c(O)c2)C2Oc3ccc(/C=C\OS(=O)(=O)O)cc3O2)cn1. The molecule has 3 aromatic rings. The van der Waals surface area contributed by atoms with Crippen LogP contribution >= 0.6 is 0 Å². The van der Waals surface area contributed by atoms with Gasteiger partial charge in [0, 0.05) is 19.2 Å². The van der Waals surface area contributed by atoms with Crippen LogP contribution in [0.4, 0.5) is 0 Å². The number of likely N-dealkylation sites (N-methyl/N-ethyl adjacent to an activating group) is 1. The topological polar surface area (TPSA) is 144 Å². The quantitative estimate of drug-likeness (QED) is 0.226. The Hall–Kier alpha value is -3.74. The molecule has 186 valence electrons. The van der Waals surface area contributed by atoms with E-state index in [0.29, 0.717) is 22.6 Å². The molecule has 0 bridgehead atoms.